The van der Waals surface area contributed by atoms with Crippen LogP contribution in [0.2, 0.25) is 0 Å². The summed E-state index contributed by atoms with van der Waals surface area (Å²) in [5.74, 6) is 0.622. The highest BCUT2D eigenvalue weighted by atomic mass is 16.6. The van der Waals surface area contributed by atoms with Gasteiger partial charge < -0.3 is 19.3 Å². The normalized spacial score (nSPS) is 14.1. The molecule has 136 valence electrons. The molecular formula is C19H26N2O4. The van der Waals surface area contributed by atoms with E-state index in [4.69, 9.17) is 9.47 Å². The van der Waals surface area contributed by atoms with E-state index in [1.165, 1.54) is 11.6 Å². The van der Waals surface area contributed by atoms with Crippen LogP contribution in [-0.4, -0.2) is 61.2 Å². The van der Waals surface area contributed by atoms with Gasteiger partial charge in [0.25, 0.3) is 5.91 Å². The molecule has 1 aliphatic heterocycles. The van der Waals surface area contributed by atoms with Gasteiger partial charge in [0.2, 0.25) is 0 Å². The maximum Gasteiger partial charge on any atom is 0.410 e. The summed E-state index contributed by atoms with van der Waals surface area (Å²) in [6.45, 7) is 7.76. The number of carbonyl (C=O) groups excluding carboxylic acids is 2. The van der Waals surface area contributed by atoms with Crippen LogP contribution in [0.25, 0.3) is 0 Å². The van der Waals surface area contributed by atoms with Crippen molar-refractivity contribution < 1.29 is 19.1 Å². The highest BCUT2D eigenvalue weighted by Crippen LogP contribution is 2.14. The summed E-state index contributed by atoms with van der Waals surface area (Å²) >= 11 is 0. The Hall–Kier alpha value is -2.50. The monoisotopic (exact) mass is 346 g/mol. The minimum absolute atomic E-state index is 0.00797. The zero-order valence-electron chi connectivity index (χ0n) is 14.8. The zero-order valence-corrected chi connectivity index (χ0v) is 14.8. The molecule has 0 aromatic heterocycles. The SMILES string of the molecule is C=CCOC(=O)N1CCN(C(=O)COc2ccc(CCC)cc2)CC1. The molecule has 1 aromatic carbocycles. The van der Waals surface area contributed by atoms with Crippen LogP contribution >= 0.6 is 0 Å². The number of amides is 2. The van der Waals surface area contributed by atoms with Crippen LogP contribution in [0.4, 0.5) is 4.79 Å². The number of rotatable bonds is 7. The summed E-state index contributed by atoms with van der Waals surface area (Å²) in [5, 5.41) is 0. The molecule has 1 aromatic rings. The molecule has 0 spiro atoms. The number of aryl methyl sites for hydroxylation is 1. The van der Waals surface area contributed by atoms with Gasteiger partial charge in [0.1, 0.15) is 12.4 Å². The Balaban J connectivity index is 1.73. The number of ether oxygens (including phenoxy) is 2. The lowest BCUT2D eigenvalue weighted by Gasteiger charge is -2.33. The molecular weight excluding hydrogens is 320 g/mol. The van der Waals surface area contributed by atoms with Crippen molar-refractivity contribution in [1.82, 2.24) is 9.80 Å². The van der Waals surface area contributed by atoms with E-state index in [0.717, 1.165) is 12.8 Å². The van der Waals surface area contributed by atoms with Crippen molar-refractivity contribution in [3.8, 4) is 5.75 Å². The highest BCUT2D eigenvalue weighted by Gasteiger charge is 2.24. The summed E-state index contributed by atoms with van der Waals surface area (Å²) in [5.41, 5.74) is 1.26. The minimum atomic E-state index is -0.365. The van der Waals surface area contributed by atoms with Gasteiger partial charge in [-0.3, -0.25) is 4.79 Å². The number of hydrogen-bond acceptors (Lipinski definition) is 4. The number of nitrogens with zero attached hydrogens (tertiary/aromatic N) is 2. The highest BCUT2D eigenvalue weighted by molar-refractivity contribution is 5.78. The van der Waals surface area contributed by atoms with Gasteiger partial charge in [-0.15, -0.1) is 0 Å². The van der Waals surface area contributed by atoms with E-state index in [2.05, 4.69) is 13.5 Å². The van der Waals surface area contributed by atoms with E-state index >= 15 is 0 Å². The predicted molar refractivity (Wildman–Crippen MR) is 95.6 cm³/mol. The molecule has 1 saturated heterocycles. The maximum atomic E-state index is 12.2. The van der Waals surface area contributed by atoms with Gasteiger partial charge >= 0.3 is 6.09 Å². The molecule has 2 amide bonds. The lowest BCUT2D eigenvalue weighted by Crippen LogP contribution is -2.51. The second kappa shape index (κ2) is 9.71. The Bertz CT molecular complexity index is 578. The summed E-state index contributed by atoms with van der Waals surface area (Å²) < 4.78 is 10.6. The molecule has 6 nitrogen and oxygen atoms in total. The first-order valence-electron chi connectivity index (χ1n) is 8.66. The second-order valence-corrected chi connectivity index (χ2v) is 5.92. The molecule has 1 aliphatic rings. The summed E-state index contributed by atoms with van der Waals surface area (Å²) in [4.78, 5) is 27.3. The van der Waals surface area contributed by atoms with Crippen LogP contribution < -0.4 is 4.74 Å². The van der Waals surface area contributed by atoms with Crippen LogP contribution in [0.15, 0.2) is 36.9 Å². The third-order valence-corrected chi connectivity index (χ3v) is 4.04. The van der Waals surface area contributed by atoms with Crippen molar-refractivity contribution in [2.45, 2.75) is 19.8 Å². The average molecular weight is 346 g/mol. The first kappa shape index (κ1) is 18.8. The lowest BCUT2D eigenvalue weighted by molar-refractivity contribution is -0.134. The summed E-state index contributed by atoms with van der Waals surface area (Å²) in [6.07, 6.45) is 3.31. The lowest BCUT2D eigenvalue weighted by atomic mass is 10.1. The minimum Gasteiger partial charge on any atom is -0.484 e. The molecule has 0 saturated carbocycles. The van der Waals surface area contributed by atoms with E-state index in [1.807, 2.05) is 24.3 Å². The van der Waals surface area contributed by atoms with Gasteiger partial charge in [-0.25, -0.2) is 4.79 Å². The van der Waals surface area contributed by atoms with Crippen molar-refractivity contribution in [2.75, 3.05) is 39.4 Å². The zero-order chi connectivity index (χ0) is 18.1. The van der Waals surface area contributed by atoms with Gasteiger partial charge in [-0.2, -0.15) is 0 Å². The molecule has 0 atom stereocenters. The molecule has 6 heteroatoms. The Morgan fingerprint density at radius 1 is 1.12 bits per heavy atom. The average Bonchev–Trinajstić information content (AvgIpc) is 2.65. The van der Waals surface area contributed by atoms with E-state index < -0.39 is 0 Å². The van der Waals surface area contributed by atoms with Gasteiger partial charge in [0.05, 0.1) is 0 Å². The number of hydrogen-bond donors (Lipinski definition) is 0. The smallest absolute Gasteiger partial charge is 0.410 e. The molecule has 1 fully saturated rings. The quantitative estimate of drug-likeness (QED) is 0.712. The summed E-state index contributed by atoms with van der Waals surface area (Å²) in [6, 6.07) is 7.84. The predicted octanol–water partition coefficient (Wildman–Crippen LogP) is 2.48. The summed E-state index contributed by atoms with van der Waals surface area (Å²) in [7, 11) is 0. The van der Waals surface area contributed by atoms with Crippen molar-refractivity contribution in [2.24, 2.45) is 0 Å². The van der Waals surface area contributed by atoms with Gasteiger partial charge in [-0.1, -0.05) is 38.1 Å². The molecule has 0 unspecified atom stereocenters. The largest absolute Gasteiger partial charge is 0.484 e. The van der Waals surface area contributed by atoms with Crippen LogP contribution in [0, 0.1) is 0 Å². The number of benzene rings is 1. The van der Waals surface area contributed by atoms with Gasteiger partial charge in [0.15, 0.2) is 6.61 Å². The van der Waals surface area contributed by atoms with Crippen LogP contribution in [0.1, 0.15) is 18.9 Å². The van der Waals surface area contributed by atoms with Crippen LogP contribution in [0.3, 0.4) is 0 Å². The molecule has 0 aliphatic carbocycles. The topological polar surface area (TPSA) is 59.1 Å². The Labute approximate surface area is 149 Å². The number of carbonyl (C=O) groups is 2. The standard InChI is InChI=1S/C19H26N2O4/c1-3-5-16-6-8-17(9-7-16)25-15-18(22)20-10-12-21(13-11-20)19(23)24-14-4-2/h4,6-9H,2-3,5,10-15H2,1H3. The first-order chi connectivity index (χ1) is 12.1. The van der Waals surface area contributed by atoms with Crippen molar-refractivity contribution >= 4 is 12.0 Å². The Morgan fingerprint density at radius 3 is 2.36 bits per heavy atom. The number of piperazine rings is 1. The van der Waals surface area contributed by atoms with E-state index in [1.54, 1.807) is 9.80 Å². The third-order valence-electron chi connectivity index (χ3n) is 4.04. The van der Waals surface area contributed by atoms with Crippen molar-refractivity contribution in [3.63, 3.8) is 0 Å². The van der Waals surface area contributed by atoms with Gasteiger partial charge in [-0.05, 0) is 24.1 Å². The fourth-order valence-electron chi connectivity index (χ4n) is 2.64. The molecule has 0 radical (unpaired) electrons. The first-order valence-corrected chi connectivity index (χ1v) is 8.66. The Kier molecular flexibility index (Phi) is 7.32. The fraction of sp³-hybridized carbons (Fsp3) is 0.474. The van der Waals surface area contributed by atoms with Crippen molar-refractivity contribution in [3.05, 3.63) is 42.5 Å². The second-order valence-electron chi connectivity index (χ2n) is 5.92. The third kappa shape index (κ3) is 5.81. The van der Waals surface area contributed by atoms with Crippen molar-refractivity contribution in [1.29, 1.82) is 0 Å². The van der Waals surface area contributed by atoms with E-state index in [-0.39, 0.29) is 25.2 Å². The fourth-order valence-corrected chi connectivity index (χ4v) is 2.64. The van der Waals surface area contributed by atoms with Gasteiger partial charge in [0, 0.05) is 26.2 Å². The maximum absolute atomic E-state index is 12.2. The molecule has 1 heterocycles. The van der Waals surface area contributed by atoms with E-state index in [9.17, 15) is 9.59 Å². The van der Waals surface area contributed by atoms with E-state index in [0.29, 0.717) is 31.9 Å². The molecule has 2 rings (SSSR count). The van der Waals surface area contributed by atoms with Crippen LogP contribution in [-0.2, 0) is 16.0 Å². The van der Waals surface area contributed by atoms with Crippen LogP contribution in [0.5, 0.6) is 5.75 Å². The molecule has 0 N–H and O–H groups in total. The molecule has 0 bridgehead atoms. The Morgan fingerprint density at radius 2 is 1.76 bits per heavy atom. The molecule has 25 heavy (non-hydrogen) atoms.